The Morgan fingerprint density at radius 3 is 2.42 bits per heavy atom. The van der Waals surface area contributed by atoms with Crippen LogP contribution in [0.15, 0.2) is 64.0 Å². The van der Waals surface area contributed by atoms with Gasteiger partial charge in [0.15, 0.2) is 0 Å². The van der Waals surface area contributed by atoms with Crippen molar-refractivity contribution in [2.75, 3.05) is 26.2 Å². The minimum Gasteiger partial charge on any atom is -0.339 e. The Hall–Kier alpha value is -2.35. The number of amides is 1. The fraction of sp³-hybridized carbons (Fsp3) is 0.348. The van der Waals surface area contributed by atoms with Gasteiger partial charge in [-0.25, -0.2) is 0 Å². The van der Waals surface area contributed by atoms with Gasteiger partial charge in [-0.05, 0) is 26.0 Å². The van der Waals surface area contributed by atoms with Gasteiger partial charge in [-0.15, -0.1) is 11.8 Å². The van der Waals surface area contributed by atoms with Crippen LogP contribution in [-0.4, -0.2) is 57.3 Å². The molecule has 1 amide bonds. The SMILES string of the molecule is CC(Sc1ccccc1Cl)C(=O)N1CCN(C(C)c2nc(-c3ccccc3)no2)CC1. The fourth-order valence-corrected chi connectivity index (χ4v) is 4.87. The zero-order valence-corrected chi connectivity index (χ0v) is 19.1. The van der Waals surface area contributed by atoms with E-state index in [2.05, 4.69) is 22.0 Å². The molecule has 0 saturated carbocycles. The van der Waals surface area contributed by atoms with Crippen LogP contribution >= 0.6 is 23.4 Å². The zero-order chi connectivity index (χ0) is 21.8. The summed E-state index contributed by atoms with van der Waals surface area (Å²) in [5.41, 5.74) is 0.935. The van der Waals surface area contributed by atoms with Crippen molar-refractivity contribution in [2.24, 2.45) is 0 Å². The van der Waals surface area contributed by atoms with Crippen molar-refractivity contribution in [1.82, 2.24) is 19.9 Å². The lowest BCUT2D eigenvalue weighted by atomic mass is 10.2. The van der Waals surface area contributed by atoms with E-state index < -0.39 is 0 Å². The zero-order valence-electron chi connectivity index (χ0n) is 17.6. The molecule has 2 heterocycles. The number of aromatic nitrogens is 2. The smallest absolute Gasteiger partial charge is 0.244 e. The van der Waals surface area contributed by atoms with Crippen molar-refractivity contribution in [3.8, 4) is 11.4 Å². The summed E-state index contributed by atoms with van der Waals surface area (Å²) in [6, 6.07) is 17.4. The van der Waals surface area contributed by atoms with Gasteiger partial charge in [0.1, 0.15) is 0 Å². The summed E-state index contributed by atoms with van der Waals surface area (Å²) in [5, 5.41) is 4.62. The molecule has 2 atom stereocenters. The van der Waals surface area contributed by atoms with Crippen molar-refractivity contribution >= 4 is 29.3 Å². The molecule has 4 rings (SSSR count). The molecule has 3 aromatic rings. The van der Waals surface area contributed by atoms with Gasteiger partial charge in [0, 0.05) is 36.6 Å². The van der Waals surface area contributed by atoms with E-state index in [1.165, 1.54) is 11.8 Å². The first-order valence-corrected chi connectivity index (χ1v) is 11.6. The molecule has 2 aromatic carbocycles. The number of carbonyl (C=O) groups excluding carboxylic acids is 1. The highest BCUT2D eigenvalue weighted by atomic mass is 35.5. The number of carbonyl (C=O) groups is 1. The lowest BCUT2D eigenvalue weighted by Gasteiger charge is -2.37. The molecular weight excluding hydrogens is 432 g/mol. The predicted molar refractivity (Wildman–Crippen MR) is 123 cm³/mol. The Morgan fingerprint density at radius 1 is 1.03 bits per heavy atom. The molecule has 0 bridgehead atoms. The second kappa shape index (κ2) is 9.85. The summed E-state index contributed by atoms with van der Waals surface area (Å²) in [5.74, 6) is 1.34. The maximum absolute atomic E-state index is 12.9. The van der Waals surface area contributed by atoms with Crippen molar-refractivity contribution in [3.63, 3.8) is 0 Å². The number of nitrogens with zero attached hydrogens (tertiary/aromatic N) is 4. The summed E-state index contributed by atoms with van der Waals surface area (Å²) in [6.07, 6.45) is 0. The lowest BCUT2D eigenvalue weighted by Crippen LogP contribution is -2.51. The van der Waals surface area contributed by atoms with Gasteiger partial charge < -0.3 is 9.42 Å². The molecule has 8 heteroatoms. The first-order chi connectivity index (χ1) is 15.0. The van der Waals surface area contributed by atoms with Crippen LogP contribution in [0.4, 0.5) is 0 Å². The number of piperazine rings is 1. The van der Waals surface area contributed by atoms with Gasteiger partial charge in [0.05, 0.1) is 16.3 Å². The standard InChI is InChI=1S/C23H25ClN4O2S/c1-16(22-25-21(26-30-22)18-8-4-3-5-9-18)27-12-14-28(15-13-27)23(29)17(2)31-20-11-7-6-10-19(20)24/h3-11,16-17H,12-15H2,1-2H3. The average molecular weight is 457 g/mol. The predicted octanol–water partition coefficient (Wildman–Crippen LogP) is 4.78. The highest BCUT2D eigenvalue weighted by molar-refractivity contribution is 8.00. The van der Waals surface area contributed by atoms with Crippen molar-refractivity contribution in [3.05, 3.63) is 65.5 Å². The molecule has 0 aliphatic carbocycles. The monoisotopic (exact) mass is 456 g/mol. The Morgan fingerprint density at radius 2 is 1.71 bits per heavy atom. The number of hydrogen-bond donors (Lipinski definition) is 0. The number of benzene rings is 2. The van der Waals surface area contributed by atoms with Crippen LogP contribution in [0.3, 0.4) is 0 Å². The topological polar surface area (TPSA) is 62.5 Å². The van der Waals surface area contributed by atoms with E-state index in [1.54, 1.807) is 0 Å². The highest BCUT2D eigenvalue weighted by Gasteiger charge is 2.30. The second-order valence-electron chi connectivity index (χ2n) is 7.55. The minimum atomic E-state index is -0.187. The third-order valence-corrected chi connectivity index (χ3v) is 7.10. The summed E-state index contributed by atoms with van der Waals surface area (Å²) in [7, 11) is 0. The van der Waals surface area contributed by atoms with E-state index in [-0.39, 0.29) is 17.2 Å². The van der Waals surface area contributed by atoms with Crippen molar-refractivity contribution in [1.29, 1.82) is 0 Å². The van der Waals surface area contributed by atoms with Crippen LogP contribution in [0.2, 0.25) is 5.02 Å². The van der Waals surface area contributed by atoms with E-state index in [9.17, 15) is 4.79 Å². The largest absolute Gasteiger partial charge is 0.339 e. The van der Waals surface area contributed by atoms with E-state index in [1.807, 2.05) is 66.4 Å². The van der Waals surface area contributed by atoms with Gasteiger partial charge in [-0.1, -0.05) is 59.2 Å². The summed E-state index contributed by atoms with van der Waals surface area (Å²) in [6.45, 7) is 6.88. The first kappa shape index (κ1) is 21.9. The Bertz CT molecular complexity index is 1020. The molecule has 6 nitrogen and oxygen atoms in total. The second-order valence-corrected chi connectivity index (χ2v) is 9.34. The van der Waals surface area contributed by atoms with Gasteiger partial charge >= 0.3 is 0 Å². The third-order valence-electron chi connectivity index (χ3n) is 5.49. The molecule has 0 N–H and O–H groups in total. The number of thioether (sulfide) groups is 1. The van der Waals surface area contributed by atoms with Crippen molar-refractivity contribution in [2.45, 2.75) is 30.0 Å². The molecule has 1 aliphatic heterocycles. The van der Waals surface area contributed by atoms with Gasteiger partial charge in [0.25, 0.3) is 0 Å². The van der Waals surface area contributed by atoms with Gasteiger partial charge in [-0.2, -0.15) is 4.98 Å². The van der Waals surface area contributed by atoms with Crippen LogP contribution < -0.4 is 0 Å². The molecule has 0 spiro atoms. The number of halogens is 1. The molecule has 1 aliphatic rings. The van der Waals surface area contributed by atoms with E-state index in [4.69, 9.17) is 16.1 Å². The Labute approximate surface area is 191 Å². The maximum Gasteiger partial charge on any atom is 0.244 e. The van der Waals surface area contributed by atoms with E-state index >= 15 is 0 Å². The number of hydrogen-bond acceptors (Lipinski definition) is 6. The molecular formula is C23H25ClN4O2S. The molecule has 1 fully saturated rings. The Kier molecular flexibility index (Phi) is 6.95. The average Bonchev–Trinajstić information content (AvgIpc) is 3.31. The maximum atomic E-state index is 12.9. The Balaban J connectivity index is 1.32. The first-order valence-electron chi connectivity index (χ1n) is 10.4. The van der Waals surface area contributed by atoms with Crippen molar-refractivity contribution < 1.29 is 9.32 Å². The van der Waals surface area contributed by atoms with Gasteiger partial charge in [0.2, 0.25) is 17.6 Å². The molecule has 1 aromatic heterocycles. The van der Waals surface area contributed by atoms with Crippen LogP contribution in [0.25, 0.3) is 11.4 Å². The quantitative estimate of drug-likeness (QED) is 0.497. The van der Waals surface area contributed by atoms with Crippen LogP contribution in [0, 0.1) is 0 Å². The number of rotatable bonds is 6. The van der Waals surface area contributed by atoms with E-state index in [0.29, 0.717) is 29.8 Å². The summed E-state index contributed by atoms with van der Waals surface area (Å²) < 4.78 is 5.53. The molecule has 2 unspecified atom stereocenters. The molecule has 162 valence electrons. The minimum absolute atomic E-state index is 0.00265. The molecule has 1 saturated heterocycles. The fourth-order valence-electron chi connectivity index (χ4n) is 3.63. The molecule has 0 radical (unpaired) electrons. The van der Waals surface area contributed by atoms with E-state index in [0.717, 1.165) is 23.5 Å². The van der Waals surface area contributed by atoms with Crippen LogP contribution in [-0.2, 0) is 4.79 Å². The van der Waals surface area contributed by atoms with Crippen LogP contribution in [0.1, 0.15) is 25.8 Å². The lowest BCUT2D eigenvalue weighted by molar-refractivity contribution is -0.132. The highest BCUT2D eigenvalue weighted by Crippen LogP contribution is 2.31. The van der Waals surface area contributed by atoms with Gasteiger partial charge in [-0.3, -0.25) is 9.69 Å². The normalized spacial score (nSPS) is 16.8. The molecule has 31 heavy (non-hydrogen) atoms. The summed E-state index contributed by atoms with van der Waals surface area (Å²) in [4.78, 5) is 22.6. The summed E-state index contributed by atoms with van der Waals surface area (Å²) >= 11 is 7.75. The van der Waals surface area contributed by atoms with Crippen LogP contribution in [0.5, 0.6) is 0 Å². The third kappa shape index (κ3) is 5.11.